The molecule has 4 saturated heterocycles. The van der Waals surface area contributed by atoms with E-state index in [1.807, 2.05) is 103 Å². The van der Waals surface area contributed by atoms with Gasteiger partial charge in [-0.3, -0.25) is 37.5 Å². The number of nitrogens with one attached hydrogen (secondary N) is 1. The molecule has 673 valence electrons. The van der Waals surface area contributed by atoms with Crippen molar-refractivity contribution in [1.29, 1.82) is 0 Å². The number of nitrogens with zero attached hydrogens (tertiary/aromatic N) is 22. The Morgan fingerprint density at radius 3 is 1.11 bits per heavy atom. The Kier molecular flexibility index (Phi) is 32.9. The molecule has 15 aromatic heterocycles. The van der Waals surface area contributed by atoms with E-state index in [1.165, 1.54) is 94.7 Å². The van der Waals surface area contributed by atoms with Crippen molar-refractivity contribution in [3.8, 4) is 0 Å². The molecule has 15 aromatic rings. The number of piperidine rings is 4. The van der Waals surface area contributed by atoms with Gasteiger partial charge in [0.15, 0.2) is 22.6 Å². The SMILES string of the molecule is C.C.C[C@@H]1c2cccnc2CC12CCN(c1ncc(I)c3nccn13)CC2.C[C@@H]1c2cccnc2CC12CCN(c1ncc(Sc3ccnc(N)c3Cl)c3nccn13)CC2.Clc1ncc(I)c2nccn12.N[C@@H]1c2cccnc2CC12CCNCC2.Nc1nccc(Sc2cnc(N3CCC4(CC3)Cc3ncccc3[C@H]4N)n3ccnc23)c1Cl.Nc1nccc([S-])c1Cl.[B][B][B].[Na+]. The molecular formula is C91H99B3Cl4I2N28NaS3. The summed E-state index contributed by atoms with van der Waals surface area (Å²) in [7, 11) is 10.0. The number of halogens is 6. The summed E-state index contributed by atoms with van der Waals surface area (Å²) in [4.78, 5) is 77.4. The van der Waals surface area contributed by atoms with Gasteiger partial charge in [0.05, 0.1) is 32.0 Å². The van der Waals surface area contributed by atoms with Crippen LogP contribution in [0.2, 0.25) is 20.4 Å². The van der Waals surface area contributed by atoms with Crippen molar-refractivity contribution in [3.05, 3.63) is 257 Å². The van der Waals surface area contributed by atoms with Gasteiger partial charge in [-0.2, -0.15) is 4.90 Å². The zero-order chi connectivity index (χ0) is 89.9. The fraction of sp³-hybridized carbons (Fsp3) is 0.352. The molecule has 23 rings (SSSR count). The smallest absolute Gasteiger partial charge is 0.778 e. The normalized spacial score (nSPS) is 18.6. The first-order valence-electron chi connectivity index (χ1n) is 42.5. The van der Waals surface area contributed by atoms with Crippen molar-refractivity contribution >= 4 is 208 Å². The number of anilines is 6. The second-order valence-electron chi connectivity index (χ2n) is 33.5. The minimum absolute atomic E-state index is 0. The predicted molar refractivity (Wildman–Crippen MR) is 547 cm³/mol. The maximum absolute atomic E-state index is 6.71. The van der Waals surface area contributed by atoms with E-state index in [0.717, 1.165) is 184 Å². The zero-order valence-corrected chi connectivity index (χ0v) is 83.5. The summed E-state index contributed by atoms with van der Waals surface area (Å²) in [5.41, 5.74) is 45.1. The minimum atomic E-state index is 0. The second kappa shape index (κ2) is 43.5. The molecule has 5 radical (unpaired) electrons. The summed E-state index contributed by atoms with van der Waals surface area (Å²) >= 11 is 36.3. The van der Waals surface area contributed by atoms with Crippen LogP contribution in [0.3, 0.4) is 0 Å². The number of rotatable bonds is 7. The molecule has 0 saturated carbocycles. The van der Waals surface area contributed by atoms with Crippen molar-refractivity contribution in [1.82, 2.24) is 97.7 Å². The fourth-order valence-corrected chi connectivity index (χ4v) is 23.4. The van der Waals surface area contributed by atoms with Crippen molar-refractivity contribution in [2.45, 2.75) is 154 Å². The summed E-state index contributed by atoms with van der Waals surface area (Å²) in [5.74, 6) is 4.92. The number of nitrogens with two attached hydrogens (primary N) is 5. The van der Waals surface area contributed by atoms with Gasteiger partial charge < -0.3 is 61.3 Å². The van der Waals surface area contributed by atoms with Crippen LogP contribution in [0.4, 0.5) is 35.3 Å². The first-order chi connectivity index (χ1) is 62.5. The van der Waals surface area contributed by atoms with E-state index in [9.17, 15) is 0 Å². The Balaban J connectivity index is 0.000000133. The van der Waals surface area contributed by atoms with Gasteiger partial charge in [-0.25, -0.2) is 54.8 Å². The van der Waals surface area contributed by atoms with Crippen LogP contribution in [0, 0.1) is 28.8 Å². The molecule has 11 N–H and O–H groups in total. The van der Waals surface area contributed by atoms with E-state index >= 15 is 0 Å². The number of hydrogen-bond acceptors (Lipinski definition) is 27. The van der Waals surface area contributed by atoms with Gasteiger partial charge in [0.1, 0.15) is 17.5 Å². The van der Waals surface area contributed by atoms with Gasteiger partial charge in [0.2, 0.25) is 23.1 Å². The fourth-order valence-electron chi connectivity index (χ4n) is 19.6. The van der Waals surface area contributed by atoms with Gasteiger partial charge in [-0.1, -0.05) is 117 Å². The molecule has 8 aliphatic rings. The Labute approximate surface area is 855 Å². The van der Waals surface area contributed by atoms with Crippen molar-refractivity contribution in [2.24, 2.45) is 33.1 Å². The summed E-state index contributed by atoms with van der Waals surface area (Å²) in [6.07, 6.45) is 48.0. The first kappa shape index (κ1) is 99.9. The van der Waals surface area contributed by atoms with E-state index in [0.29, 0.717) is 70.8 Å². The number of imidazole rings is 4. The van der Waals surface area contributed by atoms with Crippen LogP contribution in [0.1, 0.15) is 149 Å². The molecule has 0 bridgehead atoms. The molecular weight excluding hydrogens is 2030 g/mol. The van der Waals surface area contributed by atoms with Gasteiger partial charge >= 0.3 is 29.6 Å². The van der Waals surface area contributed by atoms with Gasteiger partial charge in [-0.15, -0.1) is 0 Å². The van der Waals surface area contributed by atoms with Crippen LogP contribution >= 0.6 is 115 Å². The predicted octanol–water partition coefficient (Wildman–Crippen LogP) is 13.6. The van der Waals surface area contributed by atoms with Crippen LogP contribution in [0.25, 0.3) is 22.6 Å². The molecule has 4 fully saturated rings. The Hall–Kier alpha value is -8.06. The zero-order valence-electron chi connectivity index (χ0n) is 71.7. The monoisotopic (exact) mass is 2130 g/mol. The van der Waals surface area contributed by atoms with E-state index in [-0.39, 0.29) is 61.9 Å². The summed E-state index contributed by atoms with van der Waals surface area (Å²) < 4.78 is 10.1. The minimum Gasteiger partial charge on any atom is -0.778 e. The number of pyridine rings is 7. The number of aromatic nitrogens is 19. The number of fused-ring (bicyclic) bond motifs is 8. The molecule has 19 heterocycles. The average Bonchev–Trinajstić information content (AvgIpc) is 1.58. The van der Waals surface area contributed by atoms with E-state index < -0.39 is 0 Å². The third-order valence-electron chi connectivity index (χ3n) is 26.8. The van der Waals surface area contributed by atoms with Gasteiger partial charge in [-0.05, 0) is 239 Å². The Morgan fingerprint density at radius 1 is 0.402 bits per heavy atom. The molecule has 132 heavy (non-hydrogen) atoms. The largest absolute Gasteiger partial charge is 1.00 e. The molecule has 0 aromatic carbocycles. The summed E-state index contributed by atoms with van der Waals surface area (Å²) in [6.45, 7) is 12.8. The van der Waals surface area contributed by atoms with E-state index in [2.05, 4.69) is 200 Å². The van der Waals surface area contributed by atoms with E-state index in [1.54, 1.807) is 47.6 Å². The molecule has 4 atom stereocenters. The molecule has 4 aliphatic carbocycles. The topological polar surface area (TPSA) is 363 Å². The number of nitrogen functional groups attached to an aromatic ring is 3. The van der Waals surface area contributed by atoms with Crippen molar-refractivity contribution in [2.75, 3.05) is 84.3 Å². The van der Waals surface area contributed by atoms with Gasteiger partial charge in [0.25, 0.3) is 0 Å². The number of hydrogen-bond donors (Lipinski definition) is 6. The molecule has 0 amide bonds. The second-order valence-corrected chi connectivity index (χ2v) is 39.9. The van der Waals surface area contributed by atoms with Crippen molar-refractivity contribution in [3.63, 3.8) is 0 Å². The van der Waals surface area contributed by atoms with E-state index in [4.69, 9.17) is 103 Å². The third kappa shape index (κ3) is 20.4. The molecule has 4 aliphatic heterocycles. The molecule has 41 heteroatoms. The molecule has 4 spiro atoms. The van der Waals surface area contributed by atoms with Crippen molar-refractivity contribution < 1.29 is 29.6 Å². The Bertz CT molecular complexity index is 6270. The van der Waals surface area contributed by atoms with Crippen LogP contribution < -0.4 is 78.2 Å². The third-order valence-corrected chi connectivity index (χ3v) is 32.6. The van der Waals surface area contributed by atoms with Crippen LogP contribution in [0.5, 0.6) is 0 Å². The molecule has 0 unspecified atom stereocenters. The van der Waals surface area contributed by atoms with Crippen LogP contribution in [0.15, 0.2) is 209 Å². The summed E-state index contributed by atoms with van der Waals surface area (Å²) in [5, 5.41) is 5.12. The molecule has 28 nitrogen and oxygen atoms in total. The maximum Gasteiger partial charge on any atom is 1.00 e. The van der Waals surface area contributed by atoms with Gasteiger partial charge in [0, 0.05) is 224 Å². The maximum atomic E-state index is 6.71. The van der Waals surface area contributed by atoms with Crippen LogP contribution in [-0.2, 0) is 38.3 Å². The van der Waals surface area contributed by atoms with Crippen LogP contribution in [-0.4, -0.2) is 167 Å². The average molecular weight is 2130 g/mol. The quantitative estimate of drug-likeness (QED) is 0.0373. The summed E-state index contributed by atoms with van der Waals surface area (Å²) in [6, 6.07) is 22.5. The standard InChI is InChI=1S/C24H24ClN7S.C23H23ClN8S.C19H20IN5.C12H17N3.C6H3ClIN3.C5H5ClN2S.2CH4.B3.Na/c1-15-16-3-2-7-27-17(16)13-24(15)5-10-31(11-6-24)23-30-14-19(22-29-9-12-32(22)23)33-18-4-8-28-21(26)20(18)25;24-18-16(3-7-28-20(18)26)33-17-13-30-22(32-11-8-29-21(17)32)31-9-4-23(5-10-31)12-15-14(19(23)25)2-1-6-27-15;1-13-14-3-2-6-21-16(14)11-19(13)4-8-24(9-5-19)18-23-12-15(20)17-22-7-10-25(17)18;13-11-9-2-1-5-15-10(9)8-12(11)3-6-14-7-4-12;7-6-10-3-4(8)5-9-1-2-11(5)6;6-4-3(9)1-2-8-5(4)7;;;1-3-2;/h2-4,7-9,12,14-15H,5-6,10-11,13H2,1H3,(H2,26,28);1-3,6-8,11,13,19H,4-5,9-10,12,25H2,(H2,26,28);2-3,6-7,10,12-13H,4-5,8-9,11H2,1H3;1-2,5,11,14H,3-4,6-8,13H2;1-3H;1-2H,(H3,7,8,9);2*1H4;;/q;;;;;;;;;+1/p-1/t15-;19-;13-;11-;;;;;;/m1111....../s1. The first-order valence-corrected chi connectivity index (χ1v) is 48.2. The Morgan fingerprint density at radius 2 is 0.727 bits per heavy atom.